The lowest BCUT2D eigenvalue weighted by atomic mass is 10.2. The second kappa shape index (κ2) is 5.10. The second-order valence-electron chi connectivity index (χ2n) is 3.72. The van der Waals surface area contributed by atoms with Crippen molar-refractivity contribution in [3.05, 3.63) is 46.5 Å². The van der Waals surface area contributed by atoms with Crippen molar-refractivity contribution in [2.24, 2.45) is 0 Å². The molecule has 1 aromatic heterocycles. The van der Waals surface area contributed by atoms with Crippen LogP contribution in [0.1, 0.15) is 10.4 Å². The number of nitriles is 1. The van der Waals surface area contributed by atoms with Crippen LogP contribution in [0.3, 0.4) is 0 Å². The van der Waals surface area contributed by atoms with Crippen molar-refractivity contribution in [1.82, 2.24) is 4.98 Å². The minimum atomic E-state index is -0.863. The van der Waals surface area contributed by atoms with Crippen molar-refractivity contribution in [2.75, 3.05) is 11.9 Å². The van der Waals surface area contributed by atoms with Gasteiger partial charge in [-0.25, -0.2) is 13.8 Å². The first kappa shape index (κ1) is 12.5. The molecule has 6 heteroatoms. The first-order chi connectivity index (χ1) is 8.60. The Hall–Kier alpha value is -2.00. The molecule has 0 saturated carbocycles. The van der Waals surface area contributed by atoms with Gasteiger partial charge in [0.25, 0.3) is 0 Å². The summed E-state index contributed by atoms with van der Waals surface area (Å²) in [6.45, 7) is 0.398. The molecule has 92 valence electrons. The van der Waals surface area contributed by atoms with Crippen molar-refractivity contribution < 1.29 is 8.78 Å². The molecule has 1 aromatic carbocycles. The van der Waals surface area contributed by atoms with Gasteiger partial charge in [0.1, 0.15) is 10.9 Å². The van der Waals surface area contributed by atoms with E-state index in [9.17, 15) is 8.78 Å². The Kier molecular flexibility index (Phi) is 3.53. The second-order valence-corrected chi connectivity index (χ2v) is 4.73. The van der Waals surface area contributed by atoms with E-state index in [1.807, 2.05) is 6.07 Å². The highest BCUT2D eigenvalue weighted by atomic mass is 32.1. The van der Waals surface area contributed by atoms with Gasteiger partial charge in [-0.15, -0.1) is 0 Å². The van der Waals surface area contributed by atoms with Crippen molar-refractivity contribution in [3.63, 3.8) is 0 Å². The molecule has 1 heterocycles. The average molecular weight is 265 g/mol. The number of hydrogen-bond acceptors (Lipinski definition) is 4. The molecule has 0 spiro atoms. The topological polar surface area (TPSA) is 39.9 Å². The number of nitrogens with zero attached hydrogens (tertiary/aromatic N) is 3. The molecule has 0 aliphatic carbocycles. The summed E-state index contributed by atoms with van der Waals surface area (Å²) in [5.41, 5.74) is 0.644. The molecule has 0 radical (unpaired) electrons. The van der Waals surface area contributed by atoms with Crippen molar-refractivity contribution in [3.8, 4) is 6.07 Å². The fourth-order valence-electron chi connectivity index (χ4n) is 1.47. The number of halogens is 2. The number of thiazole rings is 1. The number of benzene rings is 1. The molecule has 3 nitrogen and oxygen atoms in total. The quantitative estimate of drug-likeness (QED) is 0.856. The average Bonchev–Trinajstić information content (AvgIpc) is 2.82. The third-order valence-corrected chi connectivity index (χ3v) is 3.35. The van der Waals surface area contributed by atoms with Gasteiger partial charge in [-0.3, -0.25) is 0 Å². The summed E-state index contributed by atoms with van der Waals surface area (Å²) in [5.74, 6) is -1.72. The number of aromatic nitrogens is 1. The number of hydrogen-bond donors (Lipinski definition) is 0. The van der Waals surface area contributed by atoms with Gasteiger partial charge in [0.05, 0.1) is 6.20 Å². The summed E-state index contributed by atoms with van der Waals surface area (Å²) in [7, 11) is 1.78. The molecule has 0 unspecified atom stereocenters. The number of rotatable bonds is 3. The Labute approximate surface area is 107 Å². The van der Waals surface area contributed by atoms with Gasteiger partial charge in [0.15, 0.2) is 16.8 Å². The fourth-order valence-corrected chi connectivity index (χ4v) is 2.15. The molecule has 0 bridgehead atoms. The van der Waals surface area contributed by atoms with Gasteiger partial charge in [0, 0.05) is 13.6 Å². The largest absolute Gasteiger partial charge is 0.347 e. The standard InChI is InChI=1S/C12H9F2N3S/c1-17(12-16-6-9(5-15)18-12)7-8-2-3-10(13)11(14)4-8/h2-4,6H,7H2,1H3. The van der Waals surface area contributed by atoms with Gasteiger partial charge in [-0.05, 0) is 17.7 Å². The smallest absolute Gasteiger partial charge is 0.186 e. The molecule has 0 fully saturated rings. The van der Waals surface area contributed by atoms with E-state index in [4.69, 9.17) is 5.26 Å². The van der Waals surface area contributed by atoms with Crippen LogP contribution in [0.25, 0.3) is 0 Å². The van der Waals surface area contributed by atoms with Crippen molar-refractivity contribution >= 4 is 16.5 Å². The van der Waals surface area contributed by atoms with E-state index in [1.165, 1.54) is 23.6 Å². The normalized spacial score (nSPS) is 10.1. The highest BCUT2D eigenvalue weighted by Gasteiger charge is 2.09. The minimum absolute atomic E-state index is 0.398. The zero-order chi connectivity index (χ0) is 13.1. The summed E-state index contributed by atoms with van der Waals surface area (Å²) < 4.78 is 25.8. The highest BCUT2D eigenvalue weighted by molar-refractivity contribution is 7.16. The zero-order valence-electron chi connectivity index (χ0n) is 9.52. The van der Waals surface area contributed by atoms with Crippen LogP contribution >= 0.6 is 11.3 Å². The lowest BCUT2D eigenvalue weighted by Crippen LogP contribution is -2.16. The molecule has 0 amide bonds. The van der Waals surface area contributed by atoms with Crippen LogP contribution in [0.5, 0.6) is 0 Å². The molecule has 0 N–H and O–H groups in total. The van der Waals surface area contributed by atoms with Crippen molar-refractivity contribution in [2.45, 2.75) is 6.54 Å². The van der Waals surface area contributed by atoms with E-state index in [-0.39, 0.29) is 0 Å². The molecule has 0 saturated heterocycles. The summed E-state index contributed by atoms with van der Waals surface area (Å²) in [5, 5.41) is 9.36. The minimum Gasteiger partial charge on any atom is -0.347 e. The van der Waals surface area contributed by atoms with Gasteiger partial charge >= 0.3 is 0 Å². The van der Waals surface area contributed by atoms with Gasteiger partial charge < -0.3 is 4.90 Å². The Morgan fingerprint density at radius 1 is 1.39 bits per heavy atom. The zero-order valence-corrected chi connectivity index (χ0v) is 10.3. The lowest BCUT2D eigenvalue weighted by molar-refractivity contribution is 0.507. The summed E-state index contributed by atoms with van der Waals surface area (Å²) in [6, 6.07) is 5.78. The third-order valence-electron chi connectivity index (χ3n) is 2.33. The van der Waals surface area contributed by atoms with Crippen LogP contribution in [0, 0.1) is 23.0 Å². The maximum Gasteiger partial charge on any atom is 0.186 e. The number of anilines is 1. The van der Waals surface area contributed by atoms with Gasteiger partial charge in [-0.2, -0.15) is 5.26 Å². The van der Waals surface area contributed by atoms with Crippen LogP contribution in [-0.2, 0) is 6.54 Å². The van der Waals surface area contributed by atoms with Gasteiger partial charge in [0.2, 0.25) is 0 Å². The van der Waals surface area contributed by atoms with Crippen LogP contribution in [0.4, 0.5) is 13.9 Å². The maximum absolute atomic E-state index is 13.0. The molecule has 2 aromatic rings. The van der Waals surface area contributed by atoms with E-state index in [0.29, 0.717) is 22.1 Å². The predicted octanol–water partition coefficient (Wildman–Crippen LogP) is 2.93. The van der Waals surface area contributed by atoms with Crippen LogP contribution in [0.15, 0.2) is 24.4 Å². The van der Waals surface area contributed by atoms with E-state index in [2.05, 4.69) is 4.98 Å². The third kappa shape index (κ3) is 2.63. The van der Waals surface area contributed by atoms with E-state index < -0.39 is 11.6 Å². The monoisotopic (exact) mass is 265 g/mol. The van der Waals surface area contributed by atoms with Gasteiger partial charge in [-0.1, -0.05) is 17.4 Å². The van der Waals surface area contributed by atoms with E-state index in [0.717, 1.165) is 12.1 Å². The summed E-state index contributed by atoms with van der Waals surface area (Å²) >= 11 is 1.25. The Morgan fingerprint density at radius 3 is 2.78 bits per heavy atom. The Morgan fingerprint density at radius 2 is 2.17 bits per heavy atom. The first-order valence-electron chi connectivity index (χ1n) is 5.11. The van der Waals surface area contributed by atoms with Crippen LogP contribution in [-0.4, -0.2) is 12.0 Å². The van der Waals surface area contributed by atoms with Crippen LogP contribution < -0.4 is 4.90 Å². The SMILES string of the molecule is CN(Cc1ccc(F)c(F)c1)c1ncc(C#N)s1. The maximum atomic E-state index is 13.0. The Bertz CT molecular complexity index is 604. The van der Waals surface area contributed by atoms with Crippen LogP contribution in [0.2, 0.25) is 0 Å². The molecule has 0 aliphatic rings. The van der Waals surface area contributed by atoms with Crippen molar-refractivity contribution in [1.29, 1.82) is 5.26 Å². The molecular formula is C12H9F2N3S. The molecule has 2 rings (SSSR count). The summed E-state index contributed by atoms with van der Waals surface area (Å²) in [6.07, 6.45) is 1.49. The molecule has 18 heavy (non-hydrogen) atoms. The lowest BCUT2D eigenvalue weighted by Gasteiger charge is -2.15. The van der Waals surface area contributed by atoms with E-state index in [1.54, 1.807) is 11.9 Å². The predicted molar refractivity (Wildman–Crippen MR) is 65.3 cm³/mol. The molecule has 0 atom stereocenters. The first-order valence-corrected chi connectivity index (χ1v) is 5.93. The Balaban J connectivity index is 2.13. The fraction of sp³-hybridized carbons (Fsp3) is 0.167. The highest BCUT2D eigenvalue weighted by Crippen LogP contribution is 2.22. The molecule has 0 aliphatic heterocycles. The summed E-state index contributed by atoms with van der Waals surface area (Å²) in [4.78, 5) is 6.37. The van der Waals surface area contributed by atoms with E-state index >= 15 is 0 Å². The molecular weight excluding hydrogens is 256 g/mol.